The number of anilines is 1. The maximum absolute atomic E-state index is 10.6. The van der Waals surface area contributed by atoms with Crippen molar-refractivity contribution in [2.24, 2.45) is 0 Å². The van der Waals surface area contributed by atoms with E-state index in [-0.39, 0.29) is 5.69 Å². The van der Waals surface area contributed by atoms with Crippen LogP contribution in [0.2, 0.25) is 5.02 Å². The van der Waals surface area contributed by atoms with E-state index in [9.17, 15) is 10.1 Å². The van der Waals surface area contributed by atoms with Gasteiger partial charge in [-0.15, -0.1) is 0 Å². The number of nitrogens with zero attached hydrogens (tertiary/aromatic N) is 1. The maximum atomic E-state index is 10.6. The molecule has 0 radical (unpaired) electrons. The third-order valence-electron chi connectivity index (χ3n) is 3.63. The Morgan fingerprint density at radius 2 is 1.92 bits per heavy atom. The molecule has 2 N–H and O–H groups in total. The fourth-order valence-electron chi connectivity index (χ4n) is 2.43. The van der Waals surface area contributed by atoms with Crippen LogP contribution in [0.1, 0.15) is 12.5 Å². The van der Waals surface area contributed by atoms with Gasteiger partial charge in [-0.2, -0.15) is 0 Å². The van der Waals surface area contributed by atoms with Gasteiger partial charge in [-0.1, -0.05) is 11.6 Å². The van der Waals surface area contributed by atoms with Crippen LogP contribution in [0.5, 0.6) is 11.5 Å². The minimum absolute atomic E-state index is 0.0760. The highest BCUT2D eigenvalue weighted by atomic mass is 35.5. The second-order valence-electron chi connectivity index (χ2n) is 5.44. The quantitative estimate of drug-likeness (QED) is 0.370. The molecule has 0 amide bonds. The number of halogens is 1. The molecule has 8 heteroatoms. The Kier molecular flexibility index (Phi) is 7.50. The third-order valence-corrected chi connectivity index (χ3v) is 3.85. The van der Waals surface area contributed by atoms with E-state index in [0.717, 1.165) is 11.3 Å². The molecule has 0 heterocycles. The molecule has 0 unspecified atom stereocenters. The smallest absolute Gasteiger partial charge is 0.269 e. The summed E-state index contributed by atoms with van der Waals surface area (Å²) in [5.41, 5.74) is 1.83. The average molecular weight is 380 g/mol. The number of hydrogen-bond donors (Lipinski definition) is 2. The fraction of sp³-hybridized carbons (Fsp3) is 0.333. The molecule has 140 valence electrons. The number of methoxy groups -OCH3 is 1. The predicted octanol–water partition coefficient (Wildman–Crippen LogP) is 3.86. The molecule has 0 aliphatic carbocycles. The summed E-state index contributed by atoms with van der Waals surface area (Å²) < 4.78 is 11.0. The summed E-state index contributed by atoms with van der Waals surface area (Å²) in [6.07, 6.45) is 0. The Morgan fingerprint density at radius 1 is 1.19 bits per heavy atom. The van der Waals surface area contributed by atoms with Gasteiger partial charge < -0.3 is 20.1 Å². The summed E-state index contributed by atoms with van der Waals surface area (Å²) in [5, 5.41) is 17.7. The molecule has 0 aromatic heterocycles. The SMILES string of the molecule is CCOc1c(CNCCNc2ccc([N+](=O)[O-])cc2)cc(Cl)cc1OC. The van der Waals surface area contributed by atoms with Crippen LogP contribution >= 0.6 is 11.6 Å². The van der Waals surface area contributed by atoms with Gasteiger partial charge >= 0.3 is 0 Å². The Labute approximate surface area is 157 Å². The second kappa shape index (κ2) is 9.84. The first kappa shape index (κ1) is 19.8. The van der Waals surface area contributed by atoms with Crippen LogP contribution < -0.4 is 20.1 Å². The number of non-ortho nitro benzene ring substituents is 1. The van der Waals surface area contributed by atoms with E-state index in [4.69, 9.17) is 21.1 Å². The van der Waals surface area contributed by atoms with Crippen molar-refractivity contribution in [2.75, 3.05) is 32.1 Å². The number of hydrogen-bond acceptors (Lipinski definition) is 6. The van der Waals surface area contributed by atoms with Gasteiger partial charge in [-0.25, -0.2) is 0 Å². The van der Waals surface area contributed by atoms with Gasteiger partial charge in [-0.05, 0) is 25.1 Å². The standard InChI is InChI=1S/C18H22ClN3O4/c1-3-26-18-13(10-14(19)11-17(18)25-2)12-20-8-9-21-15-4-6-16(7-5-15)22(23)24/h4-7,10-11,20-21H,3,8-9,12H2,1-2H3. The van der Waals surface area contributed by atoms with Crippen LogP contribution in [0.4, 0.5) is 11.4 Å². The molecule has 0 atom stereocenters. The van der Waals surface area contributed by atoms with E-state index in [1.807, 2.05) is 13.0 Å². The molecule has 0 saturated carbocycles. The Morgan fingerprint density at radius 3 is 2.54 bits per heavy atom. The van der Waals surface area contributed by atoms with E-state index in [1.165, 1.54) is 12.1 Å². The van der Waals surface area contributed by atoms with Crippen LogP contribution in [0.15, 0.2) is 36.4 Å². The topological polar surface area (TPSA) is 85.7 Å². The van der Waals surface area contributed by atoms with Gasteiger partial charge in [0, 0.05) is 54.1 Å². The van der Waals surface area contributed by atoms with Crippen molar-refractivity contribution in [3.05, 3.63) is 57.1 Å². The van der Waals surface area contributed by atoms with E-state index < -0.39 is 4.92 Å². The summed E-state index contributed by atoms with van der Waals surface area (Å²) in [7, 11) is 1.58. The van der Waals surface area contributed by atoms with Crippen molar-refractivity contribution < 1.29 is 14.4 Å². The first-order valence-corrected chi connectivity index (χ1v) is 8.61. The van der Waals surface area contributed by atoms with E-state index in [1.54, 1.807) is 25.3 Å². The Hall–Kier alpha value is -2.51. The lowest BCUT2D eigenvalue weighted by Crippen LogP contribution is -2.22. The maximum Gasteiger partial charge on any atom is 0.269 e. The number of nitro benzene ring substituents is 1. The molecule has 2 aromatic carbocycles. The number of nitro groups is 1. The zero-order valence-corrected chi connectivity index (χ0v) is 15.5. The molecule has 2 aromatic rings. The number of ether oxygens (including phenoxy) is 2. The molecule has 26 heavy (non-hydrogen) atoms. The lowest BCUT2D eigenvalue weighted by Gasteiger charge is -2.15. The highest BCUT2D eigenvalue weighted by Crippen LogP contribution is 2.34. The lowest BCUT2D eigenvalue weighted by atomic mass is 10.2. The van der Waals surface area contributed by atoms with Crippen LogP contribution in [-0.2, 0) is 6.54 Å². The largest absolute Gasteiger partial charge is 0.493 e. The fourth-order valence-corrected chi connectivity index (χ4v) is 2.66. The van der Waals surface area contributed by atoms with Gasteiger partial charge in [0.05, 0.1) is 18.6 Å². The molecule has 0 spiro atoms. The first-order valence-electron chi connectivity index (χ1n) is 8.23. The summed E-state index contributed by atoms with van der Waals surface area (Å²) in [6, 6.07) is 9.91. The van der Waals surface area contributed by atoms with Gasteiger partial charge in [0.25, 0.3) is 5.69 Å². The number of rotatable bonds is 10. The van der Waals surface area contributed by atoms with Crippen molar-refractivity contribution in [3.8, 4) is 11.5 Å². The minimum atomic E-state index is -0.416. The predicted molar refractivity (Wildman–Crippen MR) is 102 cm³/mol. The molecular formula is C18H22ClN3O4. The third kappa shape index (κ3) is 5.50. The van der Waals surface area contributed by atoms with Crippen molar-refractivity contribution in [3.63, 3.8) is 0 Å². The zero-order chi connectivity index (χ0) is 18.9. The van der Waals surface area contributed by atoms with Crippen molar-refractivity contribution in [1.82, 2.24) is 5.32 Å². The summed E-state index contributed by atoms with van der Waals surface area (Å²) in [4.78, 5) is 10.2. The monoisotopic (exact) mass is 379 g/mol. The van der Waals surface area contributed by atoms with Crippen LogP contribution in [0, 0.1) is 10.1 Å². The van der Waals surface area contributed by atoms with Gasteiger partial charge in [0.15, 0.2) is 11.5 Å². The number of benzene rings is 2. The summed E-state index contributed by atoms with van der Waals surface area (Å²) in [5.74, 6) is 1.30. The first-order chi connectivity index (χ1) is 12.5. The van der Waals surface area contributed by atoms with Crippen LogP contribution in [0.3, 0.4) is 0 Å². The molecule has 0 bridgehead atoms. The highest BCUT2D eigenvalue weighted by molar-refractivity contribution is 6.30. The van der Waals surface area contributed by atoms with Crippen molar-refractivity contribution >= 4 is 23.0 Å². The van der Waals surface area contributed by atoms with E-state index >= 15 is 0 Å². The molecular weight excluding hydrogens is 358 g/mol. The van der Waals surface area contributed by atoms with Crippen LogP contribution in [-0.4, -0.2) is 31.7 Å². The molecule has 0 saturated heterocycles. The lowest BCUT2D eigenvalue weighted by molar-refractivity contribution is -0.384. The molecule has 2 rings (SSSR count). The molecule has 7 nitrogen and oxygen atoms in total. The Balaban J connectivity index is 1.86. The van der Waals surface area contributed by atoms with Crippen molar-refractivity contribution in [1.29, 1.82) is 0 Å². The highest BCUT2D eigenvalue weighted by Gasteiger charge is 2.12. The van der Waals surface area contributed by atoms with Crippen molar-refractivity contribution in [2.45, 2.75) is 13.5 Å². The van der Waals surface area contributed by atoms with E-state index in [0.29, 0.717) is 42.8 Å². The molecule has 0 aliphatic rings. The van der Waals surface area contributed by atoms with E-state index in [2.05, 4.69) is 10.6 Å². The average Bonchev–Trinajstić information content (AvgIpc) is 2.63. The van der Waals surface area contributed by atoms with Gasteiger partial charge in [-0.3, -0.25) is 10.1 Å². The summed E-state index contributed by atoms with van der Waals surface area (Å²) in [6.45, 7) is 4.39. The van der Waals surface area contributed by atoms with Gasteiger partial charge in [0.1, 0.15) is 0 Å². The molecule has 0 aliphatic heterocycles. The number of nitrogens with one attached hydrogen (secondary N) is 2. The minimum Gasteiger partial charge on any atom is -0.493 e. The van der Waals surface area contributed by atoms with Gasteiger partial charge in [0.2, 0.25) is 0 Å². The summed E-state index contributed by atoms with van der Waals surface area (Å²) >= 11 is 6.13. The second-order valence-corrected chi connectivity index (χ2v) is 5.87. The zero-order valence-electron chi connectivity index (χ0n) is 14.8. The Bertz CT molecular complexity index is 738. The van der Waals surface area contributed by atoms with Crippen LogP contribution in [0.25, 0.3) is 0 Å². The normalized spacial score (nSPS) is 10.4. The molecule has 0 fully saturated rings.